The van der Waals surface area contributed by atoms with Crippen LogP contribution in [0.4, 0.5) is 4.79 Å². The molecule has 1 saturated carbocycles. The van der Waals surface area contributed by atoms with E-state index >= 15 is 0 Å². The first-order valence-electron chi connectivity index (χ1n) is 6.75. The standard InChI is InChI=1S/C13H19N3O3/c1-3-4-7-16-12(18)10(11(17)15-13(16)19)8(2)14-9-5-6-9/h9-10H,3-7H2,1-2H3,(H,15,17,19)/t10-/m0/s1. The van der Waals surface area contributed by atoms with Crippen molar-refractivity contribution in [3.63, 3.8) is 0 Å². The zero-order valence-electron chi connectivity index (χ0n) is 11.3. The van der Waals surface area contributed by atoms with Crippen LogP contribution in [0.5, 0.6) is 0 Å². The number of carbonyl (C=O) groups excluding carboxylic acids is 3. The van der Waals surface area contributed by atoms with E-state index in [0.29, 0.717) is 12.3 Å². The Kier molecular flexibility index (Phi) is 3.97. The van der Waals surface area contributed by atoms with Crippen LogP contribution in [0.25, 0.3) is 0 Å². The maximum atomic E-state index is 12.3. The van der Waals surface area contributed by atoms with Crippen LogP contribution in [0.2, 0.25) is 0 Å². The Bertz CT molecular complexity index is 440. The molecule has 19 heavy (non-hydrogen) atoms. The Labute approximate surface area is 112 Å². The van der Waals surface area contributed by atoms with Gasteiger partial charge in [0, 0.05) is 12.3 Å². The molecule has 6 nitrogen and oxygen atoms in total. The number of nitrogens with zero attached hydrogens (tertiary/aromatic N) is 2. The van der Waals surface area contributed by atoms with Crippen molar-refractivity contribution in [3.8, 4) is 0 Å². The molecule has 0 aromatic rings. The molecule has 104 valence electrons. The predicted molar refractivity (Wildman–Crippen MR) is 69.8 cm³/mol. The third kappa shape index (κ3) is 3.00. The second kappa shape index (κ2) is 5.50. The van der Waals surface area contributed by atoms with Gasteiger partial charge >= 0.3 is 6.03 Å². The van der Waals surface area contributed by atoms with E-state index < -0.39 is 23.8 Å². The van der Waals surface area contributed by atoms with Crippen LogP contribution in [0, 0.1) is 5.92 Å². The van der Waals surface area contributed by atoms with E-state index in [2.05, 4.69) is 10.3 Å². The minimum atomic E-state index is -0.935. The number of imide groups is 2. The van der Waals surface area contributed by atoms with Crippen molar-refractivity contribution in [2.75, 3.05) is 6.54 Å². The van der Waals surface area contributed by atoms with Gasteiger partial charge in [-0.3, -0.25) is 24.8 Å². The van der Waals surface area contributed by atoms with Gasteiger partial charge in [0.15, 0.2) is 5.92 Å². The molecule has 0 aromatic carbocycles. The third-order valence-corrected chi connectivity index (χ3v) is 3.34. The average Bonchev–Trinajstić information content (AvgIpc) is 3.12. The quantitative estimate of drug-likeness (QED) is 0.597. The number of urea groups is 1. The summed E-state index contributed by atoms with van der Waals surface area (Å²) in [4.78, 5) is 41.2. The highest BCUT2D eigenvalue weighted by Crippen LogP contribution is 2.25. The normalized spacial score (nSPS) is 24.7. The summed E-state index contributed by atoms with van der Waals surface area (Å²) in [6.45, 7) is 4.02. The molecule has 0 spiro atoms. The van der Waals surface area contributed by atoms with Crippen LogP contribution in [0.3, 0.4) is 0 Å². The van der Waals surface area contributed by atoms with E-state index in [0.717, 1.165) is 30.6 Å². The highest BCUT2D eigenvalue weighted by Gasteiger charge is 2.42. The lowest BCUT2D eigenvalue weighted by atomic mass is 9.99. The van der Waals surface area contributed by atoms with Gasteiger partial charge in [-0.2, -0.15) is 0 Å². The van der Waals surface area contributed by atoms with Crippen LogP contribution in [-0.2, 0) is 9.59 Å². The van der Waals surface area contributed by atoms with Crippen molar-refractivity contribution >= 4 is 23.6 Å². The monoisotopic (exact) mass is 265 g/mol. The Morgan fingerprint density at radius 3 is 2.63 bits per heavy atom. The molecule has 0 aromatic heterocycles. The molecule has 1 aliphatic carbocycles. The van der Waals surface area contributed by atoms with Crippen LogP contribution in [0.15, 0.2) is 4.99 Å². The molecule has 1 atom stereocenters. The van der Waals surface area contributed by atoms with E-state index in [9.17, 15) is 14.4 Å². The summed E-state index contributed by atoms with van der Waals surface area (Å²) in [6.07, 6.45) is 3.64. The molecule has 2 rings (SSSR count). The van der Waals surface area contributed by atoms with Crippen molar-refractivity contribution < 1.29 is 14.4 Å². The van der Waals surface area contributed by atoms with Crippen LogP contribution in [0.1, 0.15) is 39.5 Å². The van der Waals surface area contributed by atoms with Crippen molar-refractivity contribution in [1.29, 1.82) is 0 Å². The molecular formula is C13H19N3O3. The zero-order chi connectivity index (χ0) is 14.0. The molecule has 1 saturated heterocycles. The van der Waals surface area contributed by atoms with E-state index in [1.807, 2.05) is 6.92 Å². The average molecular weight is 265 g/mol. The van der Waals surface area contributed by atoms with Crippen LogP contribution < -0.4 is 5.32 Å². The van der Waals surface area contributed by atoms with Gasteiger partial charge in [0.25, 0.3) is 0 Å². The first kappa shape index (κ1) is 13.7. The van der Waals surface area contributed by atoms with Gasteiger partial charge in [0.2, 0.25) is 11.8 Å². The smallest absolute Gasteiger partial charge is 0.290 e. The maximum Gasteiger partial charge on any atom is 0.330 e. The first-order valence-corrected chi connectivity index (χ1v) is 6.75. The van der Waals surface area contributed by atoms with E-state index in [1.165, 1.54) is 0 Å². The number of barbiturate groups is 1. The van der Waals surface area contributed by atoms with Gasteiger partial charge in [-0.05, 0) is 26.2 Å². The number of hydrogen-bond donors (Lipinski definition) is 1. The fourth-order valence-corrected chi connectivity index (χ4v) is 2.08. The Morgan fingerprint density at radius 2 is 2.05 bits per heavy atom. The van der Waals surface area contributed by atoms with Crippen molar-refractivity contribution in [1.82, 2.24) is 10.2 Å². The molecule has 1 aliphatic heterocycles. The summed E-state index contributed by atoms with van der Waals surface area (Å²) in [5, 5.41) is 2.24. The van der Waals surface area contributed by atoms with Gasteiger partial charge < -0.3 is 0 Å². The van der Waals surface area contributed by atoms with Gasteiger partial charge in [-0.25, -0.2) is 4.79 Å². The molecule has 6 heteroatoms. The molecule has 0 bridgehead atoms. The molecule has 2 aliphatic rings. The second-order valence-electron chi connectivity index (χ2n) is 5.07. The van der Waals surface area contributed by atoms with Crippen molar-refractivity contribution in [3.05, 3.63) is 0 Å². The summed E-state index contributed by atoms with van der Waals surface area (Å²) in [5.74, 6) is -1.93. The summed E-state index contributed by atoms with van der Waals surface area (Å²) in [6, 6.07) is -0.360. The van der Waals surface area contributed by atoms with E-state index in [-0.39, 0.29) is 6.04 Å². The lowest BCUT2D eigenvalue weighted by molar-refractivity contribution is -0.139. The Balaban J connectivity index is 2.14. The maximum absolute atomic E-state index is 12.3. The summed E-state index contributed by atoms with van der Waals surface area (Å²) in [5.41, 5.74) is 0.513. The fourth-order valence-electron chi connectivity index (χ4n) is 2.08. The lowest BCUT2D eigenvalue weighted by Gasteiger charge is -2.30. The number of carbonyl (C=O) groups is 3. The van der Waals surface area contributed by atoms with E-state index in [4.69, 9.17) is 0 Å². The number of unbranched alkanes of at least 4 members (excludes halogenated alkanes) is 1. The number of hydrogen-bond acceptors (Lipinski definition) is 4. The zero-order valence-corrected chi connectivity index (χ0v) is 11.3. The van der Waals surface area contributed by atoms with Crippen LogP contribution in [-0.4, -0.2) is 41.0 Å². The Hall–Kier alpha value is -1.72. The van der Waals surface area contributed by atoms with Crippen LogP contribution >= 0.6 is 0 Å². The minimum absolute atomic E-state index is 0.252. The van der Waals surface area contributed by atoms with Gasteiger partial charge in [0.05, 0.1) is 6.04 Å². The largest absolute Gasteiger partial charge is 0.330 e. The number of nitrogens with one attached hydrogen (secondary N) is 1. The number of rotatable bonds is 5. The molecular weight excluding hydrogens is 246 g/mol. The highest BCUT2D eigenvalue weighted by atomic mass is 16.2. The van der Waals surface area contributed by atoms with Gasteiger partial charge in [0.1, 0.15) is 0 Å². The third-order valence-electron chi connectivity index (χ3n) is 3.34. The van der Waals surface area contributed by atoms with Gasteiger partial charge in [-0.15, -0.1) is 0 Å². The molecule has 4 amide bonds. The molecule has 0 radical (unpaired) electrons. The highest BCUT2D eigenvalue weighted by molar-refractivity contribution is 6.27. The summed E-state index contributed by atoms with van der Waals surface area (Å²) >= 11 is 0. The molecule has 1 heterocycles. The number of aliphatic imine (C=N–C) groups is 1. The molecule has 2 fully saturated rings. The second-order valence-corrected chi connectivity index (χ2v) is 5.07. The van der Waals surface area contributed by atoms with Crippen molar-refractivity contribution in [2.24, 2.45) is 10.9 Å². The first-order chi connectivity index (χ1) is 9.04. The summed E-state index contributed by atoms with van der Waals surface area (Å²) < 4.78 is 0. The Morgan fingerprint density at radius 1 is 1.37 bits per heavy atom. The number of amides is 4. The molecule has 0 unspecified atom stereocenters. The van der Waals surface area contributed by atoms with Crippen molar-refractivity contribution in [2.45, 2.75) is 45.6 Å². The molecule has 1 N–H and O–H groups in total. The minimum Gasteiger partial charge on any atom is -0.290 e. The SMILES string of the molecule is CCCCN1C(=O)NC(=O)[C@H](C(C)=NC2CC2)C1=O. The predicted octanol–water partition coefficient (Wildman–Crippen LogP) is 1.10. The topological polar surface area (TPSA) is 78.8 Å². The van der Waals surface area contributed by atoms with Gasteiger partial charge in [-0.1, -0.05) is 13.3 Å². The summed E-state index contributed by atoms with van der Waals surface area (Å²) in [7, 11) is 0. The lowest BCUT2D eigenvalue weighted by Crippen LogP contribution is -2.59. The van der Waals surface area contributed by atoms with E-state index in [1.54, 1.807) is 6.92 Å². The fraction of sp³-hybridized carbons (Fsp3) is 0.692.